The first kappa shape index (κ1) is 13.8. The van der Waals surface area contributed by atoms with Crippen molar-refractivity contribution in [2.75, 3.05) is 0 Å². The lowest BCUT2D eigenvalue weighted by Gasteiger charge is -2.04. The molecule has 19 heavy (non-hydrogen) atoms. The minimum Gasteiger partial charge on any atom is -0.258 e. The average molecular weight is 298 g/mol. The van der Waals surface area contributed by atoms with Crippen LogP contribution in [0.2, 0.25) is 5.02 Å². The van der Waals surface area contributed by atoms with E-state index in [-0.39, 0.29) is 11.5 Å². The predicted octanol–water partition coefficient (Wildman–Crippen LogP) is 4.68. The summed E-state index contributed by atoms with van der Waals surface area (Å²) in [6.07, 6.45) is 0. The summed E-state index contributed by atoms with van der Waals surface area (Å²) in [5, 5.41) is 11.2. The Morgan fingerprint density at radius 3 is 2.74 bits per heavy atom. The lowest BCUT2D eigenvalue weighted by molar-refractivity contribution is -0.384. The van der Waals surface area contributed by atoms with Gasteiger partial charge in [-0.05, 0) is 29.8 Å². The lowest BCUT2D eigenvalue weighted by Crippen LogP contribution is -1.90. The van der Waals surface area contributed by atoms with Gasteiger partial charge in [0, 0.05) is 27.8 Å². The molecule has 2 aromatic rings. The molecule has 0 N–H and O–H groups in total. The van der Waals surface area contributed by atoms with Crippen LogP contribution in [0.1, 0.15) is 5.56 Å². The second-order valence-electron chi connectivity index (χ2n) is 3.78. The van der Waals surface area contributed by atoms with E-state index in [9.17, 15) is 14.5 Å². The molecule has 0 bridgehead atoms. The molecule has 0 aliphatic carbocycles. The third kappa shape index (κ3) is 3.68. The summed E-state index contributed by atoms with van der Waals surface area (Å²) in [6.45, 7) is 0. The number of thioether (sulfide) groups is 1. The molecule has 98 valence electrons. The molecular weight excluding hydrogens is 289 g/mol. The van der Waals surface area contributed by atoms with Crippen molar-refractivity contribution in [2.24, 2.45) is 0 Å². The number of nitrogens with zero attached hydrogens (tertiary/aromatic N) is 1. The van der Waals surface area contributed by atoms with Gasteiger partial charge < -0.3 is 0 Å². The average Bonchev–Trinajstić information content (AvgIpc) is 2.37. The number of rotatable bonds is 4. The van der Waals surface area contributed by atoms with Gasteiger partial charge in [-0.3, -0.25) is 10.1 Å². The number of hydrogen-bond acceptors (Lipinski definition) is 3. The van der Waals surface area contributed by atoms with Crippen LogP contribution in [0.4, 0.5) is 10.1 Å². The van der Waals surface area contributed by atoms with Gasteiger partial charge in [0.25, 0.3) is 5.69 Å². The number of benzene rings is 2. The highest BCUT2D eigenvalue weighted by molar-refractivity contribution is 7.98. The Morgan fingerprint density at radius 1 is 1.26 bits per heavy atom. The molecule has 0 aromatic heterocycles. The molecule has 0 atom stereocenters. The molecule has 0 aliphatic rings. The maximum atomic E-state index is 13.0. The second-order valence-corrected chi connectivity index (χ2v) is 5.23. The van der Waals surface area contributed by atoms with Crippen LogP contribution < -0.4 is 0 Å². The third-order valence-electron chi connectivity index (χ3n) is 2.43. The summed E-state index contributed by atoms with van der Waals surface area (Å²) in [5.74, 6) is 0.138. The van der Waals surface area contributed by atoms with Crippen molar-refractivity contribution in [1.82, 2.24) is 0 Å². The van der Waals surface area contributed by atoms with Crippen molar-refractivity contribution in [2.45, 2.75) is 10.6 Å². The van der Waals surface area contributed by atoms with Gasteiger partial charge in [0.2, 0.25) is 0 Å². The Labute approximate surface area is 118 Å². The first-order valence-corrected chi connectivity index (χ1v) is 6.74. The third-order valence-corrected chi connectivity index (χ3v) is 3.84. The molecule has 0 unspecified atom stereocenters. The van der Waals surface area contributed by atoms with Crippen LogP contribution in [0, 0.1) is 15.9 Å². The van der Waals surface area contributed by atoms with Gasteiger partial charge in [0.05, 0.1) is 4.92 Å². The van der Waals surface area contributed by atoms with Crippen molar-refractivity contribution >= 4 is 29.1 Å². The van der Waals surface area contributed by atoms with Crippen LogP contribution in [0.25, 0.3) is 0 Å². The lowest BCUT2D eigenvalue weighted by atomic mass is 10.2. The molecule has 2 aromatic carbocycles. The first-order chi connectivity index (χ1) is 9.06. The van der Waals surface area contributed by atoms with Gasteiger partial charge in [-0.15, -0.1) is 11.8 Å². The van der Waals surface area contributed by atoms with E-state index < -0.39 is 4.92 Å². The van der Waals surface area contributed by atoms with E-state index in [4.69, 9.17) is 11.6 Å². The minimum atomic E-state index is -0.466. The van der Waals surface area contributed by atoms with E-state index in [0.29, 0.717) is 16.3 Å². The molecule has 0 spiro atoms. The number of halogens is 2. The summed E-state index contributed by atoms with van der Waals surface area (Å²) >= 11 is 7.36. The summed E-state index contributed by atoms with van der Waals surface area (Å²) < 4.78 is 13.0. The van der Waals surface area contributed by atoms with Crippen LogP contribution in [0.15, 0.2) is 47.4 Å². The Bertz CT molecular complexity index is 621. The summed E-state index contributed by atoms with van der Waals surface area (Å²) in [4.78, 5) is 11.0. The predicted molar refractivity (Wildman–Crippen MR) is 74.1 cm³/mol. The normalized spacial score (nSPS) is 10.4. The maximum Gasteiger partial charge on any atom is 0.269 e. The SMILES string of the molecule is O=[N+]([O-])c1ccc(Cl)c(CSc2cccc(F)c2)c1. The molecular formula is C13H9ClFNO2S. The van der Waals surface area contributed by atoms with Gasteiger partial charge in [-0.2, -0.15) is 0 Å². The summed E-state index contributed by atoms with van der Waals surface area (Å²) in [5.41, 5.74) is 0.657. The molecule has 0 aliphatic heterocycles. The second kappa shape index (κ2) is 6.04. The molecule has 2 rings (SSSR count). The summed E-state index contributed by atoms with van der Waals surface area (Å²) in [6, 6.07) is 10.5. The van der Waals surface area contributed by atoms with Crippen LogP contribution in [0.3, 0.4) is 0 Å². The number of hydrogen-bond donors (Lipinski definition) is 0. The van der Waals surface area contributed by atoms with Gasteiger partial charge in [-0.1, -0.05) is 17.7 Å². The Kier molecular flexibility index (Phi) is 4.39. The monoisotopic (exact) mass is 297 g/mol. The largest absolute Gasteiger partial charge is 0.269 e. The van der Waals surface area contributed by atoms with Crippen LogP contribution >= 0.6 is 23.4 Å². The van der Waals surface area contributed by atoms with Crippen LogP contribution in [0.5, 0.6) is 0 Å². The zero-order valence-electron chi connectivity index (χ0n) is 9.68. The Morgan fingerprint density at radius 2 is 2.05 bits per heavy atom. The molecule has 0 saturated heterocycles. The highest BCUT2D eigenvalue weighted by atomic mass is 35.5. The molecule has 0 fully saturated rings. The smallest absolute Gasteiger partial charge is 0.258 e. The Balaban J connectivity index is 2.15. The fourth-order valence-corrected chi connectivity index (χ4v) is 2.70. The molecule has 3 nitrogen and oxygen atoms in total. The van der Waals surface area contributed by atoms with Gasteiger partial charge in [0.1, 0.15) is 5.82 Å². The van der Waals surface area contributed by atoms with E-state index in [1.807, 2.05) is 0 Å². The molecule has 0 saturated carbocycles. The molecule has 0 amide bonds. The number of nitro benzene ring substituents is 1. The Hall–Kier alpha value is -1.59. The van der Waals surface area contributed by atoms with E-state index in [1.54, 1.807) is 12.1 Å². The van der Waals surface area contributed by atoms with Gasteiger partial charge in [-0.25, -0.2) is 4.39 Å². The van der Waals surface area contributed by atoms with Crippen molar-refractivity contribution in [1.29, 1.82) is 0 Å². The van der Waals surface area contributed by atoms with E-state index in [1.165, 1.54) is 42.1 Å². The highest BCUT2D eigenvalue weighted by Gasteiger charge is 2.10. The van der Waals surface area contributed by atoms with Crippen LogP contribution in [-0.4, -0.2) is 4.92 Å². The molecule has 0 radical (unpaired) electrons. The van der Waals surface area contributed by atoms with E-state index in [2.05, 4.69) is 0 Å². The van der Waals surface area contributed by atoms with Crippen molar-refractivity contribution < 1.29 is 9.31 Å². The first-order valence-electron chi connectivity index (χ1n) is 5.37. The topological polar surface area (TPSA) is 43.1 Å². The molecule has 0 heterocycles. The zero-order valence-corrected chi connectivity index (χ0v) is 11.2. The highest BCUT2D eigenvalue weighted by Crippen LogP contribution is 2.29. The van der Waals surface area contributed by atoms with Crippen LogP contribution in [-0.2, 0) is 5.75 Å². The number of nitro groups is 1. The van der Waals surface area contributed by atoms with E-state index >= 15 is 0 Å². The number of non-ortho nitro benzene ring substituents is 1. The van der Waals surface area contributed by atoms with E-state index in [0.717, 1.165) is 4.90 Å². The van der Waals surface area contributed by atoms with Crippen molar-refractivity contribution in [3.8, 4) is 0 Å². The fourth-order valence-electron chi connectivity index (χ4n) is 1.50. The quantitative estimate of drug-likeness (QED) is 0.467. The molecule has 6 heteroatoms. The zero-order chi connectivity index (χ0) is 13.8. The minimum absolute atomic E-state index is 0.000702. The fraction of sp³-hybridized carbons (Fsp3) is 0.0769. The maximum absolute atomic E-state index is 13.0. The summed E-state index contributed by atoms with van der Waals surface area (Å²) in [7, 11) is 0. The van der Waals surface area contributed by atoms with Crippen molar-refractivity contribution in [3.63, 3.8) is 0 Å². The van der Waals surface area contributed by atoms with Gasteiger partial charge in [0.15, 0.2) is 0 Å². The van der Waals surface area contributed by atoms with Crippen molar-refractivity contribution in [3.05, 3.63) is 69.0 Å². The van der Waals surface area contributed by atoms with Gasteiger partial charge >= 0.3 is 0 Å². The standard InChI is InChI=1S/C13H9ClFNO2S/c14-13-5-4-11(16(17)18)6-9(13)8-19-12-3-1-2-10(15)7-12/h1-7H,8H2.